The van der Waals surface area contributed by atoms with E-state index in [-0.39, 0.29) is 11.9 Å². The highest BCUT2D eigenvalue weighted by Gasteiger charge is 2.29. The molecule has 1 fully saturated rings. The van der Waals surface area contributed by atoms with Crippen LogP contribution in [-0.2, 0) is 4.74 Å². The molecule has 0 aliphatic carbocycles. The van der Waals surface area contributed by atoms with Crippen molar-refractivity contribution in [1.82, 2.24) is 4.90 Å². The van der Waals surface area contributed by atoms with Crippen LogP contribution in [0.5, 0.6) is 5.75 Å². The van der Waals surface area contributed by atoms with Gasteiger partial charge in [-0.05, 0) is 30.4 Å². The summed E-state index contributed by atoms with van der Waals surface area (Å²) in [7, 11) is 3.25. The first-order valence-corrected chi connectivity index (χ1v) is 8.83. The number of hydrogen-bond donors (Lipinski definition) is 0. The highest BCUT2D eigenvalue weighted by molar-refractivity contribution is 9.10. The van der Waals surface area contributed by atoms with Gasteiger partial charge in [0, 0.05) is 29.9 Å². The molecule has 116 valence electrons. The summed E-state index contributed by atoms with van der Waals surface area (Å²) >= 11 is 5.30. The number of carbonyl (C=O) groups is 1. The summed E-state index contributed by atoms with van der Waals surface area (Å²) in [6, 6.07) is 5.79. The molecule has 0 bridgehead atoms. The van der Waals surface area contributed by atoms with Crippen molar-refractivity contribution in [2.75, 3.05) is 38.9 Å². The van der Waals surface area contributed by atoms with E-state index in [1.54, 1.807) is 14.2 Å². The zero-order valence-corrected chi connectivity index (χ0v) is 14.7. The van der Waals surface area contributed by atoms with Gasteiger partial charge < -0.3 is 14.4 Å². The Bertz CT molecular complexity index is 492. The molecule has 1 atom stereocenters. The maximum absolute atomic E-state index is 12.9. The maximum atomic E-state index is 12.9. The molecular weight excluding hydrogens is 354 g/mol. The van der Waals surface area contributed by atoms with Crippen molar-refractivity contribution in [2.24, 2.45) is 0 Å². The predicted molar refractivity (Wildman–Crippen MR) is 89.3 cm³/mol. The van der Waals surface area contributed by atoms with Gasteiger partial charge in [0.1, 0.15) is 5.75 Å². The first-order chi connectivity index (χ1) is 10.2. The lowest BCUT2D eigenvalue weighted by Crippen LogP contribution is -2.42. The van der Waals surface area contributed by atoms with Crippen LogP contribution in [0.2, 0.25) is 0 Å². The number of nitrogens with zero attached hydrogens (tertiary/aromatic N) is 1. The van der Waals surface area contributed by atoms with Crippen LogP contribution in [0.15, 0.2) is 22.7 Å². The first kappa shape index (κ1) is 16.6. The smallest absolute Gasteiger partial charge is 0.257 e. The van der Waals surface area contributed by atoms with E-state index in [2.05, 4.69) is 15.9 Å². The van der Waals surface area contributed by atoms with Crippen LogP contribution in [0.1, 0.15) is 16.8 Å². The van der Waals surface area contributed by atoms with Gasteiger partial charge in [-0.15, -0.1) is 0 Å². The number of ether oxygens (including phenoxy) is 2. The average Bonchev–Trinajstić information content (AvgIpc) is 3.01. The molecule has 1 heterocycles. The molecule has 1 aromatic carbocycles. The average molecular weight is 374 g/mol. The molecule has 0 N–H and O–H groups in total. The van der Waals surface area contributed by atoms with E-state index < -0.39 is 0 Å². The van der Waals surface area contributed by atoms with Crippen molar-refractivity contribution >= 4 is 33.6 Å². The van der Waals surface area contributed by atoms with Crippen molar-refractivity contribution in [3.8, 4) is 5.75 Å². The molecule has 0 spiro atoms. The molecule has 21 heavy (non-hydrogen) atoms. The van der Waals surface area contributed by atoms with Crippen LogP contribution in [-0.4, -0.2) is 55.7 Å². The van der Waals surface area contributed by atoms with Gasteiger partial charge in [0.05, 0.1) is 19.3 Å². The fourth-order valence-electron chi connectivity index (χ4n) is 2.40. The summed E-state index contributed by atoms with van der Waals surface area (Å²) in [5.74, 6) is 2.72. The Morgan fingerprint density at radius 3 is 2.90 bits per heavy atom. The molecule has 0 saturated carbocycles. The summed E-state index contributed by atoms with van der Waals surface area (Å²) in [5, 5.41) is 0. The molecule has 6 heteroatoms. The minimum Gasteiger partial charge on any atom is -0.496 e. The zero-order chi connectivity index (χ0) is 15.2. The number of halogens is 1. The second kappa shape index (κ2) is 8.06. The Balaban J connectivity index is 2.24. The molecule has 1 amide bonds. The fourth-order valence-corrected chi connectivity index (χ4v) is 3.97. The van der Waals surface area contributed by atoms with Gasteiger partial charge in [0.25, 0.3) is 5.91 Å². The zero-order valence-electron chi connectivity index (χ0n) is 12.3. The number of carbonyl (C=O) groups excluding carboxylic acids is 1. The lowest BCUT2D eigenvalue weighted by molar-refractivity contribution is 0.0621. The Hall–Kier alpha value is -0.720. The highest BCUT2D eigenvalue weighted by atomic mass is 79.9. The lowest BCUT2D eigenvalue weighted by Gasteiger charge is -2.29. The van der Waals surface area contributed by atoms with E-state index in [0.29, 0.717) is 24.5 Å². The van der Waals surface area contributed by atoms with Gasteiger partial charge in [-0.1, -0.05) is 15.9 Å². The number of amides is 1. The van der Waals surface area contributed by atoms with Gasteiger partial charge in [0.2, 0.25) is 0 Å². The van der Waals surface area contributed by atoms with Gasteiger partial charge in [0.15, 0.2) is 0 Å². The molecule has 1 saturated heterocycles. The third-order valence-electron chi connectivity index (χ3n) is 3.54. The van der Waals surface area contributed by atoms with E-state index in [9.17, 15) is 4.79 Å². The third kappa shape index (κ3) is 4.14. The number of thioether (sulfide) groups is 1. The van der Waals surface area contributed by atoms with Crippen LogP contribution in [0.4, 0.5) is 0 Å². The monoisotopic (exact) mass is 373 g/mol. The van der Waals surface area contributed by atoms with E-state index >= 15 is 0 Å². The van der Waals surface area contributed by atoms with Crippen LogP contribution < -0.4 is 4.74 Å². The summed E-state index contributed by atoms with van der Waals surface area (Å²) in [5.41, 5.74) is 0.605. The number of benzene rings is 1. The van der Waals surface area contributed by atoms with Gasteiger partial charge >= 0.3 is 0 Å². The van der Waals surface area contributed by atoms with Crippen LogP contribution >= 0.6 is 27.7 Å². The summed E-state index contributed by atoms with van der Waals surface area (Å²) in [6.45, 7) is 1.16. The Morgan fingerprint density at radius 1 is 1.48 bits per heavy atom. The molecular formula is C15H20BrNO3S. The quantitative estimate of drug-likeness (QED) is 0.767. The normalized spacial score (nSPS) is 17.8. The van der Waals surface area contributed by atoms with Gasteiger partial charge in [-0.2, -0.15) is 11.8 Å². The molecule has 4 nitrogen and oxygen atoms in total. The molecule has 0 aromatic heterocycles. The molecule has 1 aliphatic rings. The minimum absolute atomic E-state index is 0.0175. The third-order valence-corrected chi connectivity index (χ3v) is 5.18. The Labute approximate surface area is 138 Å². The number of hydrogen-bond acceptors (Lipinski definition) is 4. The molecule has 0 radical (unpaired) electrons. The highest BCUT2D eigenvalue weighted by Crippen LogP contribution is 2.28. The van der Waals surface area contributed by atoms with E-state index in [0.717, 1.165) is 22.4 Å². The molecule has 1 aliphatic heterocycles. The SMILES string of the molecule is COCCN(C(=O)c1ccc(Br)cc1OC)C1CCSC1. The lowest BCUT2D eigenvalue weighted by atomic mass is 10.1. The number of methoxy groups -OCH3 is 2. The van der Waals surface area contributed by atoms with E-state index in [1.807, 2.05) is 34.9 Å². The van der Waals surface area contributed by atoms with Crippen LogP contribution in [0.25, 0.3) is 0 Å². The summed E-state index contributed by atoms with van der Waals surface area (Å²) in [4.78, 5) is 14.8. The maximum Gasteiger partial charge on any atom is 0.257 e. The summed E-state index contributed by atoms with van der Waals surface area (Å²) in [6.07, 6.45) is 1.04. The van der Waals surface area contributed by atoms with Crippen molar-refractivity contribution < 1.29 is 14.3 Å². The molecule has 1 unspecified atom stereocenters. The second-order valence-corrected chi connectivity index (χ2v) is 6.92. The van der Waals surface area contributed by atoms with Crippen molar-refractivity contribution in [3.05, 3.63) is 28.2 Å². The predicted octanol–water partition coefficient (Wildman–Crippen LogP) is 3.05. The topological polar surface area (TPSA) is 38.8 Å². The number of rotatable bonds is 6. The summed E-state index contributed by atoms with van der Waals surface area (Å²) < 4.78 is 11.4. The largest absolute Gasteiger partial charge is 0.496 e. The van der Waals surface area contributed by atoms with Gasteiger partial charge in [-0.3, -0.25) is 4.79 Å². The van der Waals surface area contributed by atoms with E-state index in [4.69, 9.17) is 9.47 Å². The van der Waals surface area contributed by atoms with E-state index in [1.165, 1.54) is 0 Å². The molecule has 2 rings (SSSR count). The Kier molecular flexibility index (Phi) is 6.39. The molecule has 1 aromatic rings. The first-order valence-electron chi connectivity index (χ1n) is 6.88. The van der Waals surface area contributed by atoms with Gasteiger partial charge in [-0.25, -0.2) is 0 Å². The van der Waals surface area contributed by atoms with Crippen molar-refractivity contribution in [3.63, 3.8) is 0 Å². The van der Waals surface area contributed by atoms with Crippen molar-refractivity contribution in [2.45, 2.75) is 12.5 Å². The standard InChI is InChI=1S/C15H20BrNO3S/c1-19-7-6-17(12-5-8-21-10-12)15(18)13-4-3-11(16)9-14(13)20-2/h3-4,9,12H,5-8,10H2,1-2H3. The van der Waals surface area contributed by atoms with Crippen molar-refractivity contribution in [1.29, 1.82) is 0 Å². The van der Waals surface area contributed by atoms with Crippen LogP contribution in [0.3, 0.4) is 0 Å². The minimum atomic E-state index is 0.0175. The fraction of sp³-hybridized carbons (Fsp3) is 0.533. The second-order valence-electron chi connectivity index (χ2n) is 4.85. The van der Waals surface area contributed by atoms with Crippen LogP contribution in [0, 0.1) is 0 Å². The Morgan fingerprint density at radius 2 is 2.29 bits per heavy atom.